The predicted octanol–water partition coefficient (Wildman–Crippen LogP) is 4.60. The van der Waals surface area contributed by atoms with Gasteiger partial charge in [-0.15, -0.1) is 0 Å². The first kappa shape index (κ1) is 12.9. The van der Waals surface area contributed by atoms with Gasteiger partial charge in [0.1, 0.15) is 5.78 Å². The third-order valence-electron chi connectivity index (χ3n) is 8.96. The molecule has 4 saturated carbocycles. The monoisotopic (exact) mass is 321 g/mol. The first-order chi connectivity index (χ1) is 11.9. The van der Waals surface area contributed by atoms with Crippen LogP contribution in [0.15, 0.2) is 0 Å². The van der Waals surface area contributed by atoms with Crippen LogP contribution in [-0.2, 0) is 4.79 Å². The minimum atomic E-state index is -2.31. The van der Waals surface area contributed by atoms with E-state index in [4.69, 9.17) is 4.11 Å². The quantitative estimate of drug-likeness (QED) is 0.708. The van der Waals surface area contributed by atoms with E-state index in [0.717, 1.165) is 44.9 Å². The van der Waals surface area contributed by atoms with Gasteiger partial charge >= 0.3 is 0 Å². The molecule has 8 atom stereocenters. The van der Waals surface area contributed by atoms with Gasteiger partial charge in [-0.2, -0.15) is 0 Å². The fourth-order valence-electron chi connectivity index (χ4n) is 7.42. The Morgan fingerprint density at radius 3 is 2.61 bits per heavy atom. The van der Waals surface area contributed by atoms with Crippen molar-refractivity contribution in [1.29, 1.82) is 0 Å². The number of hydrogen-bond donors (Lipinski definition) is 1. The molecule has 0 aliphatic heterocycles. The highest BCUT2D eigenvalue weighted by Crippen LogP contribution is 2.68. The van der Waals surface area contributed by atoms with Crippen LogP contribution in [0, 0.1) is 40.4 Å². The summed E-state index contributed by atoms with van der Waals surface area (Å²) in [7, 11) is 0. The molecule has 4 aliphatic rings. The lowest BCUT2D eigenvalue weighted by Gasteiger charge is -2.61. The van der Waals surface area contributed by atoms with E-state index < -0.39 is 17.9 Å². The molecule has 2 nitrogen and oxygen atoms in total. The average molecular weight is 322 g/mol. The summed E-state index contributed by atoms with van der Waals surface area (Å²) in [5.74, 6) is 2.48. The van der Waals surface area contributed by atoms with Crippen molar-refractivity contribution in [3.05, 3.63) is 0 Å². The standard InChI is InChI=1S/C21H34O2/c1-13-12-19(2)14(11-18(13)22)5-6-15-16(19)7-9-20(3)17(15)8-10-21(20,4)23/h13-17,23H,5-12H2,1-4H3/t13-,14+,15-,16+,17+,19+,20+,21+/m1/s1/i4D3. The maximum atomic E-state index is 12.3. The summed E-state index contributed by atoms with van der Waals surface area (Å²) in [6.45, 7) is 4.24. The van der Waals surface area contributed by atoms with Crippen LogP contribution >= 0.6 is 0 Å². The molecule has 0 aromatic heterocycles. The summed E-state index contributed by atoms with van der Waals surface area (Å²) >= 11 is 0. The lowest BCUT2D eigenvalue weighted by Crippen LogP contribution is -2.56. The van der Waals surface area contributed by atoms with Crippen molar-refractivity contribution >= 4 is 5.78 Å². The zero-order valence-electron chi connectivity index (χ0n) is 17.9. The summed E-state index contributed by atoms with van der Waals surface area (Å²) in [6, 6.07) is 0. The smallest absolute Gasteiger partial charge is 0.136 e. The molecule has 0 radical (unpaired) electrons. The Bertz CT molecular complexity index is 617. The fraction of sp³-hybridized carbons (Fsp3) is 0.952. The first-order valence-corrected chi connectivity index (χ1v) is 9.69. The molecule has 2 heteroatoms. The second-order valence-electron chi connectivity index (χ2n) is 9.79. The van der Waals surface area contributed by atoms with Crippen molar-refractivity contribution in [2.75, 3.05) is 0 Å². The SMILES string of the molecule is [2H]C([2H])([2H])[C@]1(O)CC[C@H]2[C@@H]3CC[C@H]4CC(=O)[C@H](C)C[C@]4(C)[C@H]3CC[C@@]21C. The molecule has 0 aromatic carbocycles. The minimum absolute atomic E-state index is 0.159. The van der Waals surface area contributed by atoms with Gasteiger partial charge in [-0.3, -0.25) is 4.79 Å². The van der Waals surface area contributed by atoms with E-state index in [9.17, 15) is 9.90 Å². The Labute approximate surface area is 145 Å². The van der Waals surface area contributed by atoms with Crippen molar-refractivity contribution in [3.63, 3.8) is 0 Å². The normalized spacial score (nSPS) is 61.7. The summed E-state index contributed by atoms with van der Waals surface area (Å²) < 4.78 is 24.0. The molecule has 4 fully saturated rings. The maximum Gasteiger partial charge on any atom is 0.136 e. The number of rotatable bonds is 0. The van der Waals surface area contributed by atoms with E-state index in [-0.39, 0.29) is 11.3 Å². The Morgan fingerprint density at radius 1 is 1.13 bits per heavy atom. The van der Waals surface area contributed by atoms with Gasteiger partial charge in [-0.1, -0.05) is 20.8 Å². The predicted molar refractivity (Wildman–Crippen MR) is 91.9 cm³/mol. The maximum absolute atomic E-state index is 12.3. The van der Waals surface area contributed by atoms with Crippen LogP contribution in [-0.4, -0.2) is 16.5 Å². The molecule has 1 N–H and O–H groups in total. The molecule has 0 amide bonds. The zero-order chi connectivity index (χ0) is 19.1. The van der Waals surface area contributed by atoms with Gasteiger partial charge in [0.25, 0.3) is 0 Å². The number of Topliss-reactive ketones (excluding diaryl/α,β-unsaturated/α-hetero) is 1. The van der Waals surface area contributed by atoms with Gasteiger partial charge in [0.2, 0.25) is 0 Å². The number of ketones is 1. The van der Waals surface area contributed by atoms with Crippen LogP contribution in [0.3, 0.4) is 0 Å². The lowest BCUT2D eigenvalue weighted by molar-refractivity contribution is -0.158. The molecule has 4 aliphatic carbocycles. The first-order valence-electron chi connectivity index (χ1n) is 11.2. The highest BCUT2D eigenvalue weighted by atomic mass is 16.3. The molecule has 0 unspecified atom stereocenters. The third kappa shape index (κ3) is 2.00. The van der Waals surface area contributed by atoms with Crippen LogP contribution in [0.4, 0.5) is 0 Å². The zero-order valence-corrected chi connectivity index (χ0v) is 14.9. The average Bonchev–Trinajstić information content (AvgIpc) is 2.82. The molecule has 0 heterocycles. The van der Waals surface area contributed by atoms with Crippen LogP contribution in [0.25, 0.3) is 0 Å². The van der Waals surface area contributed by atoms with E-state index >= 15 is 0 Å². The van der Waals surface area contributed by atoms with Crippen molar-refractivity contribution < 1.29 is 14.0 Å². The molecule has 0 aromatic rings. The van der Waals surface area contributed by atoms with Crippen LogP contribution in [0.5, 0.6) is 0 Å². The lowest BCUT2D eigenvalue weighted by atomic mass is 9.44. The largest absolute Gasteiger partial charge is 0.390 e. The van der Waals surface area contributed by atoms with Crippen molar-refractivity contribution in [3.8, 4) is 0 Å². The fourth-order valence-corrected chi connectivity index (χ4v) is 7.42. The van der Waals surface area contributed by atoms with Crippen LogP contribution in [0.1, 0.15) is 83.1 Å². The highest BCUT2D eigenvalue weighted by Gasteiger charge is 2.63. The molecule has 0 bridgehead atoms. The molecular formula is C21H34O2. The van der Waals surface area contributed by atoms with Gasteiger partial charge < -0.3 is 5.11 Å². The van der Waals surface area contributed by atoms with Gasteiger partial charge in [0, 0.05) is 16.5 Å². The van der Waals surface area contributed by atoms with Gasteiger partial charge in [-0.05, 0) is 86.3 Å². The van der Waals surface area contributed by atoms with Crippen LogP contribution < -0.4 is 0 Å². The Balaban J connectivity index is 1.66. The Kier molecular flexibility index (Phi) is 2.72. The minimum Gasteiger partial charge on any atom is -0.390 e. The number of fused-ring (bicyclic) bond motifs is 5. The highest BCUT2D eigenvalue weighted by molar-refractivity contribution is 5.82. The number of carbonyl (C=O) groups excluding carboxylic acids is 1. The second kappa shape index (κ2) is 4.84. The summed E-state index contributed by atoms with van der Waals surface area (Å²) in [5.41, 5.74) is -1.83. The molecule has 0 saturated heterocycles. The second-order valence-corrected chi connectivity index (χ2v) is 9.79. The number of hydrogen-bond acceptors (Lipinski definition) is 2. The van der Waals surface area contributed by atoms with E-state index in [2.05, 4.69) is 20.8 Å². The molecular weight excluding hydrogens is 284 g/mol. The van der Waals surface area contributed by atoms with E-state index in [0.29, 0.717) is 35.9 Å². The number of carbonyl (C=O) groups is 1. The van der Waals surface area contributed by atoms with E-state index in [1.54, 1.807) is 0 Å². The van der Waals surface area contributed by atoms with E-state index in [1.165, 1.54) is 0 Å². The molecule has 23 heavy (non-hydrogen) atoms. The summed E-state index contributed by atoms with van der Waals surface area (Å²) in [4.78, 5) is 12.3. The third-order valence-corrected chi connectivity index (χ3v) is 8.96. The number of aliphatic hydroxyl groups is 1. The topological polar surface area (TPSA) is 37.3 Å². The molecule has 4 rings (SSSR count). The van der Waals surface area contributed by atoms with Crippen LogP contribution in [0.2, 0.25) is 0 Å². The van der Waals surface area contributed by atoms with Crippen molar-refractivity contribution in [2.45, 2.75) is 84.6 Å². The van der Waals surface area contributed by atoms with Gasteiger partial charge in [0.05, 0.1) is 5.60 Å². The molecule has 0 spiro atoms. The van der Waals surface area contributed by atoms with E-state index in [1.807, 2.05) is 0 Å². The van der Waals surface area contributed by atoms with Gasteiger partial charge in [0.15, 0.2) is 0 Å². The van der Waals surface area contributed by atoms with Crippen molar-refractivity contribution in [1.82, 2.24) is 0 Å². The Hall–Kier alpha value is -0.370. The summed E-state index contributed by atoms with van der Waals surface area (Å²) in [6.07, 6.45) is 6.97. The van der Waals surface area contributed by atoms with Gasteiger partial charge in [-0.25, -0.2) is 0 Å². The molecule has 130 valence electrons. The van der Waals surface area contributed by atoms with Crippen molar-refractivity contribution in [2.24, 2.45) is 40.4 Å². The Morgan fingerprint density at radius 2 is 1.87 bits per heavy atom. The summed E-state index contributed by atoms with van der Waals surface area (Å²) in [5, 5.41) is 11.2.